The lowest BCUT2D eigenvalue weighted by atomic mass is 10.1. The quantitative estimate of drug-likeness (QED) is 0.773. The zero-order valence-electron chi connectivity index (χ0n) is 8.11. The summed E-state index contributed by atoms with van der Waals surface area (Å²) in [6.07, 6.45) is 1.15. The summed E-state index contributed by atoms with van der Waals surface area (Å²) in [6.45, 7) is 0.791. The lowest BCUT2D eigenvalue weighted by Gasteiger charge is -2.24. The Labute approximate surface area is 88.8 Å². The summed E-state index contributed by atoms with van der Waals surface area (Å²) in [5.74, 6) is 4.28. The molecule has 1 aliphatic heterocycles. The third-order valence-corrected chi connectivity index (χ3v) is 3.82. The van der Waals surface area contributed by atoms with Crippen LogP contribution in [0.2, 0.25) is 0 Å². The minimum absolute atomic E-state index is 0.732. The smallest absolute Gasteiger partial charge is 0.142 e. The van der Waals surface area contributed by atoms with Crippen LogP contribution in [-0.2, 0) is 0 Å². The zero-order chi connectivity index (χ0) is 9.80. The number of nitrogens with two attached hydrogens (primary N) is 1. The number of nitrogen functional groups attached to an aromatic ring is 1. The standard InChI is InChI=1S/C11H15NOS/c12-10-3-1-2-4-11(10)13-6-5-9-7-14-8-9/h1-4,9H,5-8,12H2. The first-order chi connectivity index (χ1) is 6.86. The molecule has 14 heavy (non-hydrogen) atoms. The maximum Gasteiger partial charge on any atom is 0.142 e. The number of ether oxygens (including phenoxy) is 1. The first-order valence-electron chi connectivity index (χ1n) is 4.91. The van der Waals surface area contributed by atoms with Gasteiger partial charge in [-0.2, -0.15) is 11.8 Å². The van der Waals surface area contributed by atoms with Crippen molar-refractivity contribution in [1.29, 1.82) is 0 Å². The summed E-state index contributed by atoms with van der Waals surface area (Å²) in [6, 6.07) is 7.66. The molecule has 1 aliphatic rings. The van der Waals surface area contributed by atoms with Gasteiger partial charge in [0.05, 0.1) is 12.3 Å². The second-order valence-electron chi connectivity index (χ2n) is 3.58. The van der Waals surface area contributed by atoms with Gasteiger partial charge in [0.25, 0.3) is 0 Å². The largest absolute Gasteiger partial charge is 0.491 e. The lowest BCUT2D eigenvalue weighted by molar-refractivity contribution is 0.290. The van der Waals surface area contributed by atoms with Crippen LogP contribution < -0.4 is 10.5 Å². The molecule has 0 aliphatic carbocycles. The zero-order valence-corrected chi connectivity index (χ0v) is 8.93. The van der Waals surface area contributed by atoms with Crippen molar-refractivity contribution in [1.82, 2.24) is 0 Å². The van der Waals surface area contributed by atoms with E-state index in [0.29, 0.717) is 0 Å². The molecule has 76 valence electrons. The predicted octanol–water partition coefficient (Wildman–Crippen LogP) is 2.40. The van der Waals surface area contributed by atoms with Crippen molar-refractivity contribution >= 4 is 17.4 Å². The molecule has 0 amide bonds. The fourth-order valence-electron chi connectivity index (χ4n) is 1.40. The first-order valence-corrected chi connectivity index (χ1v) is 6.07. The molecule has 0 unspecified atom stereocenters. The predicted molar refractivity (Wildman–Crippen MR) is 61.8 cm³/mol. The van der Waals surface area contributed by atoms with E-state index in [1.165, 1.54) is 11.5 Å². The highest BCUT2D eigenvalue weighted by atomic mass is 32.2. The first kappa shape index (κ1) is 9.71. The Bertz CT molecular complexity index is 299. The van der Waals surface area contributed by atoms with Gasteiger partial charge >= 0.3 is 0 Å². The minimum Gasteiger partial charge on any atom is -0.491 e. The Morgan fingerprint density at radius 3 is 2.79 bits per heavy atom. The van der Waals surface area contributed by atoms with E-state index >= 15 is 0 Å². The van der Waals surface area contributed by atoms with E-state index in [9.17, 15) is 0 Å². The summed E-state index contributed by atoms with van der Waals surface area (Å²) in [7, 11) is 0. The average molecular weight is 209 g/mol. The molecule has 0 radical (unpaired) electrons. The van der Waals surface area contributed by atoms with Crippen LogP contribution >= 0.6 is 11.8 Å². The van der Waals surface area contributed by atoms with Crippen molar-refractivity contribution in [3.8, 4) is 5.75 Å². The van der Waals surface area contributed by atoms with E-state index in [2.05, 4.69) is 0 Å². The van der Waals surface area contributed by atoms with E-state index in [-0.39, 0.29) is 0 Å². The van der Waals surface area contributed by atoms with Gasteiger partial charge in [-0.15, -0.1) is 0 Å². The van der Waals surface area contributed by atoms with Crippen LogP contribution in [0.3, 0.4) is 0 Å². The molecule has 3 heteroatoms. The molecule has 0 atom stereocenters. The maximum absolute atomic E-state index is 5.75. The van der Waals surface area contributed by atoms with Crippen LogP contribution in [0.15, 0.2) is 24.3 Å². The van der Waals surface area contributed by atoms with Crippen LogP contribution in [0.4, 0.5) is 5.69 Å². The molecule has 1 aromatic rings. The van der Waals surface area contributed by atoms with Crippen LogP contribution in [0.1, 0.15) is 6.42 Å². The Kier molecular flexibility index (Phi) is 3.19. The SMILES string of the molecule is Nc1ccccc1OCCC1CSC1. The third kappa shape index (κ3) is 2.35. The fraction of sp³-hybridized carbons (Fsp3) is 0.455. The van der Waals surface area contributed by atoms with E-state index < -0.39 is 0 Å². The van der Waals surface area contributed by atoms with Crippen LogP contribution in [0.25, 0.3) is 0 Å². The Morgan fingerprint density at radius 1 is 1.36 bits per heavy atom. The van der Waals surface area contributed by atoms with Gasteiger partial charge in [0.1, 0.15) is 5.75 Å². The molecule has 1 saturated heterocycles. The van der Waals surface area contributed by atoms with E-state index in [0.717, 1.165) is 30.4 Å². The van der Waals surface area contributed by atoms with Crippen LogP contribution in [0, 0.1) is 5.92 Å². The minimum atomic E-state index is 0.732. The summed E-state index contributed by atoms with van der Waals surface area (Å²) in [5.41, 5.74) is 6.49. The van der Waals surface area contributed by atoms with Gasteiger partial charge in [-0.3, -0.25) is 0 Å². The molecular formula is C11H15NOS. The second kappa shape index (κ2) is 4.60. The summed E-state index contributed by atoms with van der Waals surface area (Å²) < 4.78 is 5.61. The summed E-state index contributed by atoms with van der Waals surface area (Å²) >= 11 is 2.01. The fourth-order valence-corrected chi connectivity index (χ4v) is 2.30. The maximum atomic E-state index is 5.75. The van der Waals surface area contributed by atoms with Gasteiger partial charge in [-0.1, -0.05) is 12.1 Å². The van der Waals surface area contributed by atoms with Gasteiger partial charge in [-0.25, -0.2) is 0 Å². The number of anilines is 1. The highest BCUT2D eigenvalue weighted by Crippen LogP contribution is 2.28. The molecule has 1 aromatic carbocycles. The lowest BCUT2D eigenvalue weighted by Crippen LogP contribution is -2.20. The van der Waals surface area contributed by atoms with E-state index in [1.54, 1.807) is 0 Å². The van der Waals surface area contributed by atoms with Crippen molar-refractivity contribution in [3.63, 3.8) is 0 Å². The molecule has 2 rings (SSSR count). The highest BCUT2D eigenvalue weighted by Gasteiger charge is 2.17. The molecule has 2 N–H and O–H groups in total. The molecule has 2 nitrogen and oxygen atoms in total. The van der Waals surface area contributed by atoms with E-state index in [1.807, 2.05) is 36.0 Å². The van der Waals surface area contributed by atoms with Crippen LogP contribution in [0.5, 0.6) is 5.75 Å². The topological polar surface area (TPSA) is 35.2 Å². The van der Waals surface area contributed by atoms with Crippen molar-refractivity contribution in [3.05, 3.63) is 24.3 Å². The van der Waals surface area contributed by atoms with Crippen LogP contribution in [-0.4, -0.2) is 18.1 Å². The highest BCUT2D eigenvalue weighted by molar-refractivity contribution is 8.00. The van der Waals surface area contributed by atoms with Crippen molar-refractivity contribution in [2.24, 2.45) is 5.92 Å². The molecule has 0 aromatic heterocycles. The molecule has 0 saturated carbocycles. The van der Waals surface area contributed by atoms with Crippen molar-refractivity contribution < 1.29 is 4.74 Å². The Balaban J connectivity index is 1.76. The number of hydrogen-bond donors (Lipinski definition) is 1. The molecule has 0 spiro atoms. The summed E-state index contributed by atoms with van der Waals surface area (Å²) in [5, 5.41) is 0. The number of hydrogen-bond acceptors (Lipinski definition) is 3. The second-order valence-corrected chi connectivity index (χ2v) is 4.65. The molecule has 1 fully saturated rings. The van der Waals surface area contributed by atoms with E-state index in [4.69, 9.17) is 10.5 Å². The monoisotopic (exact) mass is 209 g/mol. The number of para-hydroxylation sites is 2. The number of rotatable bonds is 4. The number of thioether (sulfide) groups is 1. The normalized spacial score (nSPS) is 16.3. The van der Waals surface area contributed by atoms with Crippen molar-refractivity contribution in [2.75, 3.05) is 23.8 Å². The average Bonchev–Trinajstić information content (AvgIpc) is 2.12. The third-order valence-electron chi connectivity index (χ3n) is 2.41. The molecule has 1 heterocycles. The summed E-state index contributed by atoms with van der Waals surface area (Å²) in [4.78, 5) is 0. The molecular weight excluding hydrogens is 194 g/mol. The number of benzene rings is 1. The Morgan fingerprint density at radius 2 is 2.14 bits per heavy atom. The Hall–Kier alpha value is -0.830. The van der Waals surface area contributed by atoms with Crippen molar-refractivity contribution in [2.45, 2.75) is 6.42 Å². The van der Waals surface area contributed by atoms with Gasteiger partial charge < -0.3 is 10.5 Å². The van der Waals surface area contributed by atoms with Gasteiger partial charge in [-0.05, 0) is 36.0 Å². The van der Waals surface area contributed by atoms with Gasteiger partial charge in [0, 0.05) is 0 Å². The molecule has 0 bridgehead atoms. The van der Waals surface area contributed by atoms with Gasteiger partial charge in [0.15, 0.2) is 0 Å². The van der Waals surface area contributed by atoms with Gasteiger partial charge in [0.2, 0.25) is 0 Å².